The van der Waals surface area contributed by atoms with E-state index in [9.17, 15) is 0 Å². The number of benzene rings is 2. The van der Waals surface area contributed by atoms with Crippen LogP contribution in [0.4, 0.5) is 0 Å². The molecular formula is C12H12OS. The van der Waals surface area contributed by atoms with Crippen molar-refractivity contribution in [2.24, 2.45) is 0 Å². The SMILES string of the molecule is SCCOc1ccc2ccccc2c1. The van der Waals surface area contributed by atoms with Crippen molar-refractivity contribution in [3.63, 3.8) is 0 Å². The normalized spacial score (nSPS) is 10.4. The molecule has 2 aromatic rings. The van der Waals surface area contributed by atoms with Crippen LogP contribution in [-0.2, 0) is 0 Å². The molecule has 14 heavy (non-hydrogen) atoms. The van der Waals surface area contributed by atoms with Crippen molar-refractivity contribution in [3.05, 3.63) is 42.5 Å². The van der Waals surface area contributed by atoms with Crippen molar-refractivity contribution < 1.29 is 4.74 Å². The molecule has 2 heteroatoms. The molecule has 0 spiro atoms. The summed E-state index contributed by atoms with van der Waals surface area (Å²) in [6.45, 7) is 0.654. The van der Waals surface area contributed by atoms with E-state index < -0.39 is 0 Å². The molecule has 0 fully saturated rings. The molecule has 0 aromatic heterocycles. The van der Waals surface area contributed by atoms with Gasteiger partial charge in [0.25, 0.3) is 0 Å². The Morgan fingerprint density at radius 1 is 1.00 bits per heavy atom. The Morgan fingerprint density at radius 2 is 1.79 bits per heavy atom. The lowest BCUT2D eigenvalue weighted by Gasteiger charge is -2.05. The van der Waals surface area contributed by atoms with Crippen LogP contribution < -0.4 is 4.74 Å². The first-order valence-corrected chi connectivity index (χ1v) is 5.26. The molecule has 0 aliphatic heterocycles. The van der Waals surface area contributed by atoms with E-state index in [-0.39, 0.29) is 0 Å². The van der Waals surface area contributed by atoms with Crippen LogP contribution >= 0.6 is 12.6 Å². The van der Waals surface area contributed by atoms with E-state index >= 15 is 0 Å². The van der Waals surface area contributed by atoms with Gasteiger partial charge in [-0.15, -0.1) is 0 Å². The molecule has 0 aliphatic carbocycles. The average molecular weight is 204 g/mol. The van der Waals surface area contributed by atoms with Crippen molar-refractivity contribution in [1.29, 1.82) is 0 Å². The highest BCUT2D eigenvalue weighted by atomic mass is 32.1. The fourth-order valence-electron chi connectivity index (χ4n) is 1.42. The summed E-state index contributed by atoms with van der Waals surface area (Å²) in [7, 11) is 0. The van der Waals surface area contributed by atoms with Gasteiger partial charge in [-0.2, -0.15) is 12.6 Å². The summed E-state index contributed by atoms with van der Waals surface area (Å²) in [5, 5.41) is 2.45. The second-order valence-corrected chi connectivity index (χ2v) is 3.53. The summed E-state index contributed by atoms with van der Waals surface area (Å²) in [6, 6.07) is 14.4. The van der Waals surface area contributed by atoms with Crippen LogP contribution in [0.2, 0.25) is 0 Å². The van der Waals surface area contributed by atoms with Crippen LogP contribution in [0, 0.1) is 0 Å². The summed E-state index contributed by atoms with van der Waals surface area (Å²) >= 11 is 4.10. The first-order valence-electron chi connectivity index (χ1n) is 4.62. The lowest BCUT2D eigenvalue weighted by Crippen LogP contribution is -1.97. The van der Waals surface area contributed by atoms with E-state index in [4.69, 9.17) is 4.74 Å². The maximum Gasteiger partial charge on any atom is 0.119 e. The molecule has 0 saturated carbocycles. The number of fused-ring (bicyclic) bond motifs is 1. The molecule has 0 bridgehead atoms. The van der Waals surface area contributed by atoms with E-state index in [1.54, 1.807) is 0 Å². The van der Waals surface area contributed by atoms with Crippen LogP contribution in [-0.4, -0.2) is 12.4 Å². The maximum atomic E-state index is 5.49. The second-order valence-electron chi connectivity index (χ2n) is 3.08. The molecule has 72 valence electrons. The lowest BCUT2D eigenvalue weighted by molar-refractivity contribution is 0.345. The lowest BCUT2D eigenvalue weighted by atomic mass is 10.1. The molecule has 0 aliphatic rings. The highest BCUT2D eigenvalue weighted by Crippen LogP contribution is 2.20. The summed E-state index contributed by atoms with van der Waals surface area (Å²) < 4.78 is 5.49. The van der Waals surface area contributed by atoms with E-state index in [0.29, 0.717) is 6.61 Å². The first kappa shape index (κ1) is 9.41. The summed E-state index contributed by atoms with van der Waals surface area (Å²) in [6.07, 6.45) is 0. The van der Waals surface area contributed by atoms with Gasteiger partial charge in [0.1, 0.15) is 5.75 Å². The zero-order chi connectivity index (χ0) is 9.80. The highest BCUT2D eigenvalue weighted by molar-refractivity contribution is 7.80. The highest BCUT2D eigenvalue weighted by Gasteiger charge is 1.95. The largest absolute Gasteiger partial charge is 0.493 e. The molecule has 2 aromatic carbocycles. The Morgan fingerprint density at radius 3 is 2.57 bits per heavy atom. The van der Waals surface area contributed by atoms with Crippen LogP contribution in [0.25, 0.3) is 10.8 Å². The van der Waals surface area contributed by atoms with Crippen LogP contribution in [0.1, 0.15) is 0 Å². The van der Waals surface area contributed by atoms with E-state index in [1.807, 2.05) is 18.2 Å². The topological polar surface area (TPSA) is 9.23 Å². The average Bonchev–Trinajstić information content (AvgIpc) is 2.26. The van der Waals surface area contributed by atoms with Gasteiger partial charge < -0.3 is 4.74 Å². The Kier molecular flexibility index (Phi) is 2.94. The Bertz CT molecular complexity index is 425. The molecule has 0 radical (unpaired) electrons. The van der Waals surface area contributed by atoms with Crippen LogP contribution in [0.3, 0.4) is 0 Å². The Balaban J connectivity index is 2.32. The van der Waals surface area contributed by atoms with Crippen molar-refractivity contribution in [1.82, 2.24) is 0 Å². The minimum atomic E-state index is 0.654. The monoisotopic (exact) mass is 204 g/mol. The molecule has 0 saturated heterocycles. The molecule has 0 N–H and O–H groups in total. The molecule has 0 unspecified atom stereocenters. The Hall–Kier alpha value is -1.15. The van der Waals surface area contributed by atoms with Gasteiger partial charge in [0, 0.05) is 5.75 Å². The van der Waals surface area contributed by atoms with E-state index in [0.717, 1.165) is 11.5 Å². The zero-order valence-electron chi connectivity index (χ0n) is 7.81. The standard InChI is InChI=1S/C12H12OS/c14-8-7-13-12-6-5-10-3-1-2-4-11(10)9-12/h1-6,9,14H,7-8H2. The third-order valence-electron chi connectivity index (χ3n) is 2.08. The number of hydrogen-bond acceptors (Lipinski definition) is 2. The first-order chi connectivity index (χ1) is 6.90. The Labute approximate surface area is 89.1 Å². The maximum absolute atomic E-state index is 5.49. The van der Waals surface area contributed by atoms with Crippen molar-refractivity contribution in [2.75, 3.05) is 12.4 Å². The van der Waals surface area contributed by atoms with Gasteiger partial charge in [-0.3, -0.25) is 0 Å². The van der Waals surface area contributed by atoms with Gasteiger partial charge in [-0.05, 0) is 22.9 Å². The predicted molar refractivity (Wildman–Crippen MR) is 63.3 cm³/mol. The summed E-state index contributed by atoms with van der Waals surface area (Å²) in [4.78, 5) is 0. The zero-order valence-corrected chi connectivity index (χ0v) is 8.71. The number of thiol groups is 1. The molecule has 1 nitrogen and oxygen atoms in total. The fraction of sp³-hybridized carbons (Fsp3) is 0.167. The van der Waals surface area contributed by atoms with Crippen molar-refractivity contribution in [3.8, 4) is 5.75 Å². The molecule has 0 atom stereocenters. The van der Waals surface area contributed by atoms with Crippen LogP contribution in [0.5, 0.6) is 5.75 Å². The van der Waals surface area contributed by atoms with Gasteiger partial charge in [0.15, 0.2) is 0 Å². The minimum Gasteiger partial charge on any atom is -0.493 e. The van der Waals surface area contributed by atoms with Gasteiger partial charge in [-0.1, -0.05) is 30.3 Å². The predicted octanol–water partition coefficient (Wildman–Crippen LogP) is 3.15. The van der Waals surface area contributed by atoms with Crippen molar-refractivity contribution in [2.45, 2.75) is 0 Å². The smallest absolute Gasteiger partial charge is 0.119 e. The van der Waals surface area contributed by atoms with Gasteiger partial charge >= 0.3 is 0 Å². The number of hydrogen-bond donors (Lipinski definition) is 1. The van der Waals surface area contributed by atoms with E-state index in [2.05, 4.69) is 36.9 Å². The third kappa shape index (κ3) is 2.02. The molecule has 0 amide bonds. The van der Waals surface area contributed by atoms with E-state index in [1.165, 1.54) is 10.8 Å². The molecule has 2 rings (SSSR count). The third-order valence-corrected chi connectivity index (χ3v) is 2.26. The fourth-order valence-corrected chi connectivity index (χ4v) is 1.51. The van der Waals surface area contributed by atoms with Crippen LogP contribution in [0.15, 0.2) is 42.5 Å². The van der Waals surface area contributed by atoms with Gasteiger partial charge in [0.05, 0.1) is 6.61 Å². The van der Waals surface area contributed by atoms with Crippen molar-refractivity contribution >= 4 is 23.4 Å². The molecular weight excluding hydrogens is 192 g/mol. The summed E-state index contributed by atoms with van der Waals surface area (Å²) in [5.41, 5.74) is 0. The second kappa shape index (κ2) is 4.38. The quantitative estimate of drug-likeness (QED) is 0.756. The van der Waals surface area contributed by atoms with Gasteiger partial charge in [-0.25, -0.2) is 0 Å². The molecule has 0 heterocycles. The number of rotatable bonds is 3. The number of ether oxygens (including phenoxy) is 1. The summed E-state index contributed by atoms with van der Waals surface area (Å²) in [5.74, 6) is 1.66. The van der Waals surface area contributed by atoms with Gasteiger partial charge in [0.2, 0.25) is 0 Å². The minimum absolute atomic E-state index is 0.654.